The summed E-state index contributed by atoms with van der Waals surface area (Å²) >= 11 is 0. The largest absolute Gasteiger partial charge is 0.339 e. The molecule has 4 heteroatoms. The van der Waals surface area contributed by atoms with Crippen LogP contribution in [0.1, 0.15) is 38.0 Å². The van der Waals surface area contributed by atoms with Crippen molar-refractivity contribution in [3.63, 3.8) is 0 Å². The third-order valence-electron chi connectivity index (χ3n) is 2.92. The quantitative estimate of drug-likeness (QED) is 0.829. The van der Waals surface area contributed by atoms with Crippen molar-refractivity contribution in [1.29, 1.82) is 0 Å². The number of benzene rings is 1. The van der Waals surface area contributed by atoms with Crippen molar-refractivity contribution in [2.24, 2.45) is 0 Å². The van der Waals surface area contributed by atoms with E-state index in [0.29, 0.717) is 11.7 Å². The molecule has 2 aromatic rings. The van der Waals surface area contributed by atoms with Crippen LogP contribution in [0.2, 0.25) is 0 Å². The van der Waals surface area contributed by atoms with Gasteiger partial charge in [-0.25, -0.2) is 0 Å². The van der Waals surface area contributed by atoms with Gasteiger partial charge in [-0.05, 0) is 26.3 Å². The second kappa shape index (κ2) is 4.72. The van der Waals surface area contributed by atoms with E-state index in [9.17, 15) is 4.79 Å². The number of rotatable bonds is 4. The van der Waals surface area contributed by atoms with Crippen LogP contribution in [0.5, 0.6) is 0 Å². The van der Waals surface area contributed by atoms with Gasteiger partial charge in [-0.2, -0.15) is 4.98 Å². The highest BCUT2D eigenvalue weighted by molar-refractivity contribution is 5.77. The molecule has 0 aliphatic rings. The van der Waals surface area contributed by atoms with E-state index in [1.54, 1.807) is 0 Å². The number of aromatic nitrogens is 2. The molecular formula is C14H16N2O2. The number of carbonyl (C=O) groups is 1. The molecule has 18 heavy (non-hydrogen) atoms. The average molecular weight is 244 g/mol. The molecule has 0 spiro atoms. The van der Waals surface area contributed by atoms with Crippen LogP contribution < -0.4 is 0 Å². The normalized spacial score (nSPS) is 11.5. The Balaban J connectivity index is 2.30. The first kappa shape index (κ1) is 12.5. The fraction of sp³-hybridized carbons (Fsp3) is 0.357. The number of carbonyl (C=O) groups excluding carboxylic acids is 1. The first-order valence-electron chi connectivity index (χ1n) is 5.88. The molecule has 2 rings (SSSR count). The van der Waals surface area contributed by atoms with E-state index in [-0.39, 0.29) is 17.6 Å². The van der Waals surface area contributed by atoms with Gasteiger partial charge in [0.2, 0.25) is 5.89 Å². The van der Waals surface area contributed by atoms with Crippen LogP contribution in [0.4, 0.5) is 0 Å². The number of hydrogen-bond acceptors (Lipinski definition) is 4. The topological polar surface area (TPSA) is 56.0 Å². The molecule has 0 fully saturated rings. The molecule has 0 atom stereocenters. The Bertz CT molecular complexity index is 544. The maximum atomic E-state index is 11.0. The lowest BCUT2D eigenvalue weighted by Crippen LogP contribution is -2.20. The molecule has 1 aromatic heterocycles. The van der Waals surface area contributed by atoms with Gasteiger partial charge in [0.05, 0.1) is 11.8 Å². The van der Waals surface area contributed by atoms with Gasteiger partial charge in [0.1, 0.15) is 5.78 Å². The lowest BCUT2D eigenvalue weighted by atomic mass is 9.84. The summed E-state index contributed by atoms with van der Waals surface area (Å²) in [6.07, 6.45) is 0.192. The predicted molar refractivity (Wildman–Crippen MR) is 67.3 cm³/mol. The zero-order chi connectivity index (χ0) is 13.2. The maximum Gasteiger partial charge on any atom is 0.234 e. The van der Waals surface area contributed by atoms with Gasteiger partial charge < -0.3 is 4.52 Å². The van der Waals surface area contributed by atoms with Gasteiger partial charge in [-0.3, -0.25) is 4.79 Å². The van der Waals surface area contributed by atoms with Crippen molar-refractivity contribution in [2.45, 2.75) is 32.6 Å². The standard InChI is InChI=1S/C14H16N2O2/c1-10(17)9-12-15-13(16-18-12)14(2,3)11-7-5-4-6-8-11/h4-8H,9H2,1-3H3. The summed E-state index contributed by atoms with van der Waals surface area (Å²) in [5.41, 5.74) is 0.778. The van der Waals surface area contributed by atoms with E-state index < -0.39 is 0 Å². The molecule has 0 saturated heterocycles. The highest BCUT2D eigenvalue weighted by atomic mass is 16.5. The fourth-order valence-electron chi connectivity index (χ4n) is 1.78. The second-order valence-corrected chi connectivity index (χ2v) is 4.88. The lowest BCUT2D eigenvalue weighted by molar-refractivity contribution is -0.116. The van der Waals surface area contributed by atoms with Crippen LogP contribution in [-0.4, -0.2) is 15.9 Å². The maximum absolute atomic E-state index is 11.0. The molecule has 0 saturated carbocycles. The summed E-state index contributed by atoms with van der Waals surface area (Å²) in [7, 11) is 0. The molecule has 1 aromatic carbocycles. The highest BCUT2D eigenvalue weighted by Gasteiger charge is 2.28. The Morgan fingerprint density at radius 1 is 1.28 bits per heavy atom. The van der Waals surface area contributed by atoms with Crippen LogP contribution >= 0.6 is 0 Å². The first-order valence-corrected chi connectivity index (χ1v) is 5.88. The Kier molecular flexibility index (Phi) is 3.28. The number of hydrogen-bond donors (Lipinski definition) is 0. The summed E-state index contributed by atoms with van der Waals surface area (Å²) in [5, 5.41) is 3.98. The van der Waals surface area contributed by atoms with Crippen molar-refractivity contribution in [3.05, 3.63) is 47.6 Å². The second-order valence-electron chi connectivity index (χ2n) is 4.88. The van der Waals surface area contributed by atoms with Crippen LogP contribution in [0, 0.1) is 0 Å². The third-order valence-corrected chi connectivity index (χ3v) is 2.92. The van der Waals surface area contributed by atoms with Gasteiger partial charge in [-0.15, -0.1) is 0 Å². The number of ketones is 1. The van der Waals surface area contributed by atoms with Crippen molar-refractivity contribution in [2.75, 3.05) is 0 Å². The summed E-state index contributed by atoms with van der Waals surface area (Å²) in [5.74, 6) is 0.995. The minimum absolute atomic E-state index is 0.0164. The predicted octanol–water partition coefficient (Wildman–Crippen LogP) is 2.53. The van der Waals surface area contributed by atoms with Gasteiger partial charge >= 0.3 is 0 Å². The molecular weight excluding hydrogens is 228 g/mol. The van der Waals surface area contributed by atoms with Crippen LogP contribution in [0.25, 0.3) is 0 Å². The number of Topliss-reactive ketones (excluding diaryl/α,β-unsaturated/α-hetero) is 1. The molecule has 4 nitrogen and oxygen atoms in total. The Morgan fingerprint density at radius 3 is 2.56 bits per heavy atom. The Hall–Kier alpha value is -1.97. The third kappa shape index (κ3) is 2.47. The van der Waals surface area contributed by atoms with E-state index in [1.807, 2.05) is 44.2 Å². The molecule has 94 valence electrons. The molecule has 0 aliphatic carbocycles. The summed E-state index contributed by atoms with van der Waals surface area (Å²) in [6, 6.07) is 9.99. The molecule has 0 bridgehead atoms. The molecule has 0 N–H and O–H groups in total. The van der Waals surface area contributed by atoms with E-state index in [2.05, 4.69) is 10.1 Å². The SMILES string of the molecule is CC(=O)Cc1nc(C(C)(C)c2ccccc2)no1. The Labute approximate surface area is 106 Å². The van der Waals surface area contributed by atoms with E-state index >= 15 is 0 Å². The van der Waals surface area contributed by atoms with Gasteiger partial charge in [0.25, 0.3) is 0 Å². The molecule has 0 radical (unpaired) electrons. The van der Waals surface area contributed by atoms with Gasteiger partial charge in [0.15, 0.2) is 5.82 Å². The van der Waals surface area contributed by atoms with Crippen LogP contribution in [0.3, 0.4) is 0 Å². The van der Waals surface area contributed by atoms with E-state index in [0.717, 1.165) is 5.56 Å². The molecule has 0 unspecified atom stereocenters. The van der Waals surface area contributed by atoms with Crippen LogP contribution in [0.15, 0.2) is 34.9 Å². The van der Waals surface area contributed by atoms with Crippen molar-refractivity contribution in [3.8, 4) is 0 Å². The molecule has 0 amide bonds. The average Bonchev–Trinajstić information content (AvgIpc) is 2.78. The minimum Gasteiger partial charge on any atom is -0.339 e. The van der Waals surface area contributed by atoms with E-state index in [4.69, 9.17) is 4.52 Å². The lowest BCUT2D eigenvalue weighted by Gasteiger charge is -2.20. The smallest absolute Gasteiger partial charge is 0.234 e. The first-order chi connectivity index (χ1) is 8.50. The summed E-state index contributed by atoms with van der Waals surface area (Å²) in [4.78, 5) is 15.3. The van der Waals surface area contributed by atoms with Crippen molar-refractivity contribution < 1.29 is 9.32 Å². The highest BCUT2D eigenvalue weighted by Crippen LogP contribution is 2.28. The zero-order valence-electron chi connectivity index (χ0n) is 10.8. The fourth-order valence-corrected chi connectivity index (χ4v) is 1.78. The summed E-state index contributed by atoms with van der Waals surface area (Å²) in [6.45, 7) is 5.57. The summed E-state index contributed by atoms with van der Waals surface area (Å²) < 4.78 is 5.10. The van der Waals surface area contributed by atoms with Crippen molar-refractivity contribution >= 4 is 5.78 Å². The van der Waals surface area contributed by atoms with Gasteiger partial charge in [0, 0.05) is 0 Å². The minimum atomic E-state index is -0.334. The molecule has 1 heterocycles. The Morgan fingerprint density at radius 2 is 1.94 bits per heavy atom. The van der Waals surface area contributed by atoms with Crippen molar-refractivity contribution in [1.82, 2.24) is 10.1 Å². The zero-order valence-corrected chi connectivity index (χ0v) is 10.8. The molecule has 0 aliphatic heterocycles. The van der Waals surface area contributed by atoms with E-state index in [1.165, 1.54) is 6.92 Å². The monoisotopic (exact) mass is 244 g/mol. The van der Waals surface area contributed by atoms with Crippen LogP contribution in [-0.2, 0) is 16.6 Å². The number of nitrogens with zero attached hydrogens (tertiary/aromatic N) is 2. The van der Waals surface area contributed by atoms with Gasteiger partial charge in [-0.1, -0.05) is 35.5 Å².